The van der Waals surface area contributed by atoms with Crippen molar-refractivity contribution in [2.45, 2.75) is 17.6 Å². The SMILES string of the molecule is CS(=O)(=O)C1(CNc2ncns2)CC1. The lowest BCUT2D eigenvalue weighted by Crippen LogP contribution is -2.30. The summed E-state index contributed by atoms with van der Waals surface area (Å²) in [5.74, 6) is 0. The fourth-order valence-corrected chi connectivity index (χ4v) is 2.91. The number of nitrogens with one attached hydrogen (secondary N) is 1. The standard InChI is InChI=1S/C7H11N3O2S2/c1-14(11,12)7(2-3-7)4-8-6-9-5-10-13-6/h5H,2-4H2,1H3,(H,8,9,10). The summed E-state index contributed by atoms with van der Waals surface area (Å²) in [6, 6.07) is 0. The van der Waals surface area contributed by atoms with Crippen LogP contribution in [0.25, 0.3) is 0 Å². The number of hydrogen-bond acceptors (Lipinski definition) is 6. The quantitative estimate of drug-likeness (QED) is 0.821. The van der Waals surface area contributed by atoms with Gasteiger partial charge < -0.3 is 5.32 Å². The van der Waals surface area contributed by atoms with E-state index in [-0.39, 0.29) is 0 Å². The van der Waals surface area contributed by atoms with Gasteiger partial charge in [0.05, 0.1) is 4.75 Å². The summed E-state index contributed by atoms with van der Waals surface area (Å²) in [4.78, 5) is 3.93. The van der Waals surface area contributed by atoms with Crippen LogP contribution in [0, 0.1) is 0 Å². The lowest BCUT2D eigenvalue weighted by molar-refractivity contribution is 0.585. The first-order valence-corrected chi connectivity index (χ1v) is 6.90. The predicted molar refractivity (Wildman–Crippen MR) is 55.2 cm³/mol. The zero-order valence-electron chi connectivity index (χ0n) is 7.73. The van der Waals surface area contributed by atoms with Gasteiger partial charge in [0.2, 0.25) is 5.13 Å². The van der Waals surface area contributed by atoms with Crippen LogP contribution in [-0.4, -0.2) is 35.3 Å². The number of nitrogens with zero attached hydrogens (tertiary/aromatic N) is 2. The molecule has 1 aromatic heterocycles. The van der Waals surface area contributed by atoms with Crippen LogP contribution in [-0.2, 0) is 9.84 Å². The Balaban J connectivity index is 2.00. The second-order valence-corrected chi connectivity index (χ2v) is 6.75. The van der Waals surface area contributed by atoms with Gasteiger partial charge in [0.25, 0.3) is 0 Å². The molecule has 0 saturated heterocycles. The second kappa shape index (κ2) is 3.16. The summed E-state index contributed by atoms with van der Waals surface area (Å²) in [5, 5.41) is 3.68. The van der Waals surface area contributed by atoms with Crippen LogP contribution < -0.4 is 5.32 Å². The summed E-state index contributed by atoms with van der Waals surface area (Å²) in [5.41, 5.74) is 0. The average Bonchev–Trinajstić information content (AvgIpc) is 2.72. The lowest BCUT2D eigenvalue weighted by atomic mass is 10.4. The highest BCUT2D eigenvalue weighted by Gasteiger charge is 2.51. The number of hydrogen-bond donors (Lipinski definition) is 1. The maximum absolute atomic E-state index is 11.4. The van der Waals surface area contributed by atoms with E-state index in [9.17, 15) is 8.42 Å². The summed E-state index contributed by atoms with van der Waals surface area (Å²) in [7, 11) is -2.95. The molecule has 78 valence electrons. The van der Waals surface area contributed by atoms with Crippen LogP contribution in [0.4, 0.5) is 5.13 Å². The molecule has 7 heteroatoms. The summed E-state index contributed by atoms with van der Waals surface area (Å²) >= 11 is 1.23. The van der Waals surface area contributed by atoms with E-state index in [0.29, 0.717) is 11.7 Å². The van der Waals surface area contributed by atoms with E-state index in [1.54, 1.807) is 0 Å². The fourth-order valence-electron chi connectivity index (χ4n) is 1.31. The van der Waals surface area contributed by atoms with Gasteiger partial charge in [-0.15, -0.1) is 0 Å². The maximum Gasteiger partial charge on any atom is 0.202 e. The number of rotatable bonds is 4. The van der Waals surface area contributed by atoms with Crippen molar-refractivity contribution in [1.82, 2.24) is 9.36 Å². The first kappa shape index (κ1) is 9.85. The maximum atomic E-state index is 11.4. The van der Waals surface area contributed by atoms with Crippen molar-refractivity contribution in [3.05, 3.63) is 6.33 Å². The first-order valence-electron chi connectivity index (χ1n) is 4.24. The van der Waals surface area contributed by atoms with Crippen molar-refractivity contribution in [1.29, 1.82) is 0 Å². The third-order valence-corrected chi connectivity index (χ3v) is 5.27. The molecule has 1 aliphatic carbocycles. The van der Waals surface area contributed by atoms with Gasteiger partial charge >= 0.3 is 0 Å². The minimum atomic E-state index is -2.95. The fraction of sp³-hybridized carbons (Fsp3) is 0.714. The van der Waals surface area contributed by atoms with Crippen LogP contribution >= 0.6 is 11.5 Å². The molecular weight excluding hydrogens is 222 g/mol. The van der Waals surface area contributed by atoms with E-state index >= 15 is 0 Å². The van der Waals surface area contributed by atoms with Crippen molar-refractivity contribution < 1.29 is 8.42 Å². The highest BCUT2D eigenvalue weighted by atomic mass is 32.2. The second-order valence-electron chi connectivity index (χ2n) is 3.56. The van der Waals surface area contributed by atoms with Gasteiger partial charge in [-0.1, -0.05) is 0 Å². The molecule has 0 aliphatic heterocycles. The van der Waals surface area contributed by atoms with Crippen LogP contribution in [0.1, 0.15) is 12.8 Å². The number of aromatic nitrogens is 2. The minimum Gasteiger partial charge on any atom is -0.359 e. The number of sulfone groups is 1. The molecule has 1 heterocycles. The summed E-state index contributed by atoms with van der Waals surface area (Å²) in [6.07, 6.45) is 4.24. The van der Waals surface area contributed by atoms with Gasteiger partial charge in [-0.3, -0.25) is 0 Å². The Labute approximate surface area is 86.6 Å². The molecule has 14 heavy (non-hydrogen) atoms. The van der Waals surface area contributed by atoms with Crippen molar-refractivity contribution in [3.8, 4) is 0 Å². The smallest absolute Gasteiger partial charge is 0.202 e. The molecule has 0 radical (unpaired) electrons. The summed E-state index contributed by atoms with van der Waals surface area (Å²) in [6.45, 7) is 0.445. The zero-order valence-corrected chi connectivity index (χ0v) is 9.36. The van der Waals surface area contributed by atoms with Crippen molar-refractivity contribution in [3.63, 3.8) is 0 Å². The molecule has 1 aliphatic rings. The van der Waals surface area contributed by atoms with Crippen LogP contribution in [0.3, 0.4) is 0 Å². The minimum absolute atomic E-state index is 0.445. The zero-order chi connectivity index (χ0) is 10.2. The van der Waals surface area contributed by atoms with Crippen molar-refractivity contribution >= 4 is 26.5 Å². The number of anilines is 1. The van der Waals surface area contributed by atoms with Crippen LogP contribution in [0.15, 0.2) is 6.33 Å². The lowest BCUT2D eigenvalue weighted by Gasteiger charge is -2.12. The Bertz CT molecular complexity index is 408. The molecule has 2 rings (SSSR count). The van der Waals surface area contributed by atoms with Gasteiger partial charge in [-0.05, 0) is 12.8 Å². The van der Waals surface area contributed by atoms with E-state index in [4.69, 9.17) is 0 Å². The molecule has 0 amide bonds. The molecule has 0 unspecified atom stereocenters. The Morgan fingerprint density at radius 2 is 2.36 bits per heavy atom. The van der Waals surface area contributed by atoms with E-state index in [1.807, 2.05) is 0 Å². The van der Waals surface area contributed by atoms with E-state index in [0.717, 1.165) is 12.8 Å². The third-order valence-electron chi connectivity index (χ3n) is 2.52. The molecule has 5 nitrogen and oxygen atoms in total. The Morgan fingerprint density at radius 1 is 1.64 bits per heavy atom. The Hall–Kier alpha value is -0.690. The molecule has 1 saturated carbocycles. The van der Waals surface area contributed by atoms with Gasteiger partial charge in [0.15, 0.2) is 9.84 Å². The van der Waals surface area contributed by atoms with E-state index < -0.39 is 14.6 Å². The molecule has 0 bridgehead atoms. The first-order chi connectivity index (χ1) is 6.54. The molecule has 1 N–H and O–H groups in total. The molecule has 1 aromatic rings. The Kier molecular flexibility index (Phi) is 2.23. The van der Waals surface area contributed by atoms with Gasteiger partial charge in [-0.2, -0.15) is 4.37 Å². The molecule has 0 atom stereocenters. The topological polar surface area (TPSA) is 72.0 Å². The normalized spacial score (nSPS) is 19.2. The van der Waals surface area contributed by atoms with Gasteiger partial charge in [-0.25, -0.2) is 13.4 Å². The molecular formula is C7H11N3O2S2. The van der Waals surface area contributed by atoms with Gasteiger partial charge in [0.1, 0.15) is 6.33 Å². The molecule has 0 aromatic carbocycles. The van der Waals surface area contributed by atoms with Gasteiger partial charge in [0, 0.05) is 24.3 Å². The third kappa shape index (κ3) is 1.74. The largest absolute Gasteiger partial charge is 0.359 e. The van der Waals surface area contributed by atoms with Crippen LogP contribution in [0.2, 0.25) is 0 Å². The molecule has 0 spiro atoms. The van der Waals surface area contributed by atoms with Crippen molar-refractivity contribution in [2.75, 3.05) is 18.1 Å². The van der Waals surface area contributed by atoms with Crippen molar-refractivity contribution in [2.24, 2.45) is 0 Å². The summed E-state index contributed by atoms with van der Waals surface area (Å²) < 4.78 is 26.1. The molecule has 1 fully saturated rings. The Morgan fingerprint density at radius 3 is 2.79 bits per heavy atom. The highest BCUT2D eigenvalue weighted by Crippen LogP contribution is 2.43. The predicted octanol–water partition coefficient (Wildman–Crippen LogP) is 0.527. The average molecular weight is 233 g/mol. The van der Waals surface area contributed by atoms with E-state index in [1.165, 1.54) is 24.1 Å². The van der Waals surface area contributed by atoms with E-state index in [2.05, 4.69) is 14.7 Å². The monoisotopic (exact) mass is 233 g/mol. The highest BCUT2D eigenvalue weighted by molar-refractivity contribution is 7.92. The van der Waals surface area contributed by atoms with Crippen LogP contribution in [0.5, 0.6) is 0 Å².